The van der Waals surface area contributed by atoms with E-state index in [2.05, 4.69) is 10.6 Å². The first-order valence-corrected chi connectivity index (χ1v) is 4.69. The first-order chi connectivity index (χ1) is 7.74. The van der Waals surface area contributed by atoms with Gasteiger partial charge in [-0.25, -0.2) is 0 Å². The SMILES string of the molecule is N#CCC(=O)NCCNC(=O)c1ccco1. The van der Waals surface area contributed by atoms with Crippen LogP contribution in [0.25, 0.3) is 0 Å². The van der Waals surface area contributed by atoms with E-state index in [9.17, 15) is 9.59 Å². The van der Waals surface area contributed by atoms with E-state index in [1.807, 2.05) is 0 Å². The zero-order valence-corrected chi connectivity index (χ0v) is 8.53. The topological polar surface area (TPSA) is 95.1 Å². The molecule has 0 saturated carbocycles. The third-order valence-corrected chi connectivity index (χ3v) is 1.72. The fourth-order valence-electron chi connectivity index (χ4n) is 1.01. The molecule has 0 saturated heterocycles. The first kappa shape index (κ1) is 11.8. The van der Waals surface area contributed by atoms with E-state index >= 15 is 0 Å². The number of carbonyl (C=O) groups excluding carboxylic acids is 2. The molecule has 16 heavy (non-hydrogen) atoms. The van der Waals surface area contributed by atoms with Gasteiger partial charge in [-0.05, 0) is 12.1 Å². The Labute approximate surface area is 92.2 Å². The van der Waals surface area contributed by atoms with Crippen LogP contribution < -0.4 is 10.6 Å². The average molecular weight is 221 g/mol. The summed E-state index contributed by atoms with van der Waals surface area (Å²) in [7, 11) is 0. The molecule has 1 aromatic heterocycles. The van der Waals surface area contributed by atoms with Crippen molar-refractivity contribution >= 4 is 11.8 Å². The predicted molar refractivity (Wildman–Crippen MR) is 54.3 cm³/mol. The molecule has 1 heterocycles. The summed E-state index contributed by atoms with van der Waals surface area (Å²) < 4.78 is 4.87. The maximum absolute atomic E-state index is 11.3. The van der Waals surface area contributed by atoms with Crippen LogP contribution in [0.3, 0.4) is 0 Å². The first-order valence-electron chi connectivity index (χ1n) is 4.69. The van der Waals surface area contributed by atoms with E-state index in [-0.39, 0.29) is 37.1 Å². The lowest BCUT2D eigenvalue weighted by molar-refractivity contribution is -0.120. The Kier molecular flexibility index (Phi) is 4.60. The summed E-state index contributed by atoms with van der Waals surface area (Å²) in [6.07, 6.45) is 1.23. The third-order valence-electron chi connectivity index (χ3n) is 1.72. The van der Waals surface area contributed by atoms with Crippen LogP contribution >= 0.6 is 0 Å². The molecule has 6 nitrogen and oxygen atoms in total. The van der Waals surface area contributed by atoms with Crippen LogP contribution in [-0.2, 0) is 4.79 Å². The molecule has 0 atom stereocenters. The second-order valence-corrected chi connectivity index (χ2v) is 2.92. The Bertz CT molecular complexity index is 392. The molecule has 2 N–H and O–H groups in total. The Balaban J connectivity index is 2.15. The number of furan rings is 1. The molecule has 0 aliphatic carbocycles. The summed E-state index contributed by atoms with van der Waals surface area (Å²) in [5.41, 5.74) is 0. The van der Waals surface area contributed by atoms with Gasteiger partial charge in [-0.15, -0.1) is 0 Å². The highest BCUT2D eigenvalue weighted by Gasteiger charge is 2.06. The molecule has 0 aliphatic heterocycles. The van der Waals surface area contributed by atoms with Gasteiger partial charge in [-0.2, -0.15) is 5.26 Å². The van der Waals surface area contributed by atoms with Gasteiger partial charge in [0.1, 0.15) is 6.42 Å². The Hall–Kier alpha value is -2.29. The monoisotopic (exact) mass is 221 g/mol. The van der Waals surface area contributed by atoms with Crippen LogP contribution in [0.2, 0.25) is 0 Å². The minimum Gasteiger partial charge on any atom is -0.459 e. The van der Waals surface area contributed by atoms with Crippen LogP contribution in [0, 0.1) is 11.3 Å². The number of nitrogens with zero attached hydrogens (tertiary/aromatic N) is 1. The van der Waals surface area contributed by atoms with E-state index in [4.69, 9.17) is 9.68 Å². The van der Waals surface area contributed by atoms with E-state index in [0.29, 0.717) is 0 Å². The number of hydrogen-bond acceptors (Lipinski definition) is 4. The largest absolute Gasteiger partial charge is 0.459 e. The van der Waals surface area contributed by atoms with E-state index < -0.39 is 0 Å². The van der Waals surface area contributed by atoms with Gasteiger partial charge in [-0.1, -0.05) is 0 Å². The molecule has 0 aromatic carbocycles. The van der Waals surface area contributed by atoms with Gasteiger partial charge in [0.25, 0.3) is 5.91 Å². The summed E-state index contributed by atoms with van der Waals surface area (Å²) in [4.78, 5) is 22.2. The highest BCUT2D eigenvalue weighted by atomic mass is 16.3. The summed E-state index contributed by atoms with van der Waals surface area (Å²) in [5, 5.41) is 13.2. The van der Waals surface area contributed by atoms with Gasteiger partial charge in [0.15, 0.2) is 5.76 Å². The molecule has 84 valence electrons. The van der Waals surface area contributed by atoms with E-state index in [1.54, 1.807) is 18.2 Å². The van der Waals surface area contributed by atoms with Crippen molar-refractivity contribution in [3.63, 3.8) is 0 Å². The number of nitriles is 1. The van der Waals surface area contributed by atoms with Crippen molar-refractivity contribution < 1.29 is 14.0 Å². The predicted octanol–water partition coefficient (Wildman–Crippen LogP) is 0.0393. The Morgan fingerprint density at radius 3 is 2.75 bits per heavy atom. The van der Waals surface area contributed by atoms with Crippen LogP contribution in [0.5, 0.6) is 0 Å². The van der Waals surface area contributed by atoms with Gasteiger partial charge < -0.3 is 15.1 Å². The van der Waals surface area contributed by atoms with E-state index in [1.165, 1.54) is 6.26 Å². The maximum Gasteiger partial charge on any atom is 0.287 e. The van der Waals surface area contributed by atoms with Gasteiger partial charge in [-0.3, -0.25) is 9.59 Å². The van der Waals surface area contributed by atoms with Gasteiger partial charge in [0.05, 0.1) is 12.3 Å². The van der Waals surface area contributed by atoms with Gasteiger partial charge >= 0.3 is 0 Å². The summed E-state index contributed by atoms with van der Waals surface area (Å²) in [6, 6.07) is 4.89. The minimum atomic E-state index is -0.352. The fourth-order valence-corrected chi connectivity index (χ4v) is 1.01. The van der Waals surface area contributed by atoms with Crippen molar-refractivity contribution in [1.82, 2.24) is 10.6 Å². The zero-order valence-electron chi connectivity index (χ0n) is 8.53. The van der Waals surface area contributed by atoms with Crippen molar-refractivity contribution in [2.75, 3.05) is 13.1 Å². The van der Waals surface area contributed by atoms with Crippen molar-refractivity contribution in [3.8, 4) is 6.07 Å². The summed E-state index contributed by atoms with van der Waals surface area (Å²) >= 11 is 0. The number of amides is 2. The van der Waals surface area contributed by atoms with Gasteiger partial charge in [0, 0.05) is 13.1 Å². The average Bonchev–Trinajstić information content (AvgIpc) is 2.78. The Morgan fingerprint density at radius 1 is 1.38 bits per heavy atom. The van der Waals surface area contributed by atoms with Crippen molar-refractivity contribution in [2.24, 2.45) is 0 Å². The second-order valence-electron chi connectivity index (χ2n) is 2.92. The van der Waals surface area contributed by atoms with Crippen LogP contribution in [-0.4, -0.2) is 24.9 Å². The molecule has 0 aliphatic rings. The molecule has 0 spiro atoms. The van der Waals surface area contributed by atoms with E-state index in [0.717, 1.165) is 0 Å². The van der Waals surface area contributed by atoms with Crippen LogP contribution in [0.1, 0.15) is 17.0 Å². The lowest BCUT2D eigenvalue weighted by Crippen LogP contribution is -2.34. The molecule has 2 amide bonds. The minimum absolute atomic E-state index is 0.174. The lowest BCUT2D eigenvalue weighted by Gasteiger charge is -2.03. The number of nitrogens with one attached hydrogen (secondary N) is 2. The number of carbonyl (C=O) groups is 2. The normalized spacial score (nSPS) is 9.19. The number of hydrogen-bond donors (Lipinski definition) is 2. The lowest BCUT2D eigenvalue weighted by atomic mass is 10.4. The molecular formula is C10H11N3O3. The molecule has 0 fully saturated rings. The van der Waals surface area contributed by atoms with Crippen LogP contribution in [0.15, 0.2) is 22.8 Å². The highest BCUT2D eigenvalue weighted by molar-refractivity contribution is 5.91. The molecule has 1 aromatic rings. The second kappa shape index (κ2) is 6.24. The van der Waals surface area contributed by atoms with Crippen molar-refractivity contribution in [1.29, 1.82) is 5.26 Å². The van der Waals surface area contributed by atoms with Crippen LogP contribution in [0.4, 0.5) is 0 Å². The standard InChI is InChI=1S/C10H11N3O3/c11-4-3-9(14)12-5-6-13-10(15)8-2-1-7-16-8/h1-2,7H,3,5-6H2,(H,12,14)(H,13,15). The molecule has 0 bridgehead atoms. The third kappa shape index (κ3) is 3.84. The molecule has 6 heteroatoms. The molecule has 1 rings (SSSR count). The quantitative estimate of drug-likeness (QED) is 0.686. The van der Waals surface area contributed by atoms with Crippen molar-refractivity contribution in [2.45, 2.75) is 6.42 Å². The summed E-state index contributed by atoms with van der Waals surface area (Å²) in [5.74, 6) is -0.461. The zero-order chi connectivity index (χ0) is 11.8. The molecule has 0 radical (unpaired) electrons. The fraction of sp³-hybridized carbons (Fsp3) is 0.300. The van der Waals surface area contributed by atoms with Crippen molar-refractivity contribution in [3.05, 3.63) is 24.2 Å². The smallest absolute Gasteiger partial charge is 0.287 e. The van der Waals surface area contributed by atoms with Gasteiger partial charge in [0.2, 0.25) is 5.91 Å². The number of rotatable bonds is 5. The maximum atomic E-state index is 11.3. The molecular weight excluding hydrogens is 210 g/mol. The Morgan fingerprint density at radius 2 is 2.12 bits per heavy atom. The molecule has 0 unspecified atom stereocenters. The summed E-state index contributed by atoms with van der Waals surface area (Å²) in [6.45, 7) is 0.573. The highest BCUT2D eigenvalue weighted by Crippen LogP contribution is 1.98.